The molecule has 4 rings (SSSR count). The highest BCUT2D eigenvalue weighted by molar-refractivity contribution is 5.67. The van der Waals surface area contributed by atoms with Gasteiger partial charge in [0.15, 0.2) is 0 Å². The average Bonchev–Trinajstić information content (AvgIpc) is 3.12. The van der Waals surface area contributed by atoms with Crippen LogP contribution in [0, 0.1) is 5.92 Å². The highest BCUT2D eigenvalue weighted by atomic mass is 15.4. The van der Waals surface area contributed by atoms with Crippen LogP contribution in [-0.4, -0.2) is 41.9 Å². The topological polar surface area (TPSA) is 69.8 Å². The minimum Gasteiger partial charge on any atom is -0.397 e. The van der Waals surface area contributed by atoms with Crippen molar-refractivity contribution in [2.75, 3.05) is 30.4 Å². The van der Waals surface area contributed by atoms with Gasteiger partial charge in [-0.25, -0.2) is 9.98 Å². The number of nitrogens with one attached hydrogen (secondary N) is 1. The molecule has 1 saturated heterocycles. The van der Waals surface area contributed by atoms with E-state index in [2.05, 4.69) is 32.0 Å². The number of anilines is 2. The lowest BCUT2D eigenvalue weighted by atomic mass is 9.92. The number of aromatic nitrogens is 1. The second kappa shape index (κ2) is 5.19. The monoisotopic (exact) mass is 298 g/mol. The first-order valence-electron chi connectivity index (χ1n) is 7.95. The van der Waals surface area contributed by atoms with Crippen LogP contribution in [0.15, 0.2) is 34.8 Å². The van der Waals surface area contributed by atoms with Gasteiger partial charge in [-0.15, -0.1) is 0 Å². The minimum atomic E-state index is 0.495. The van der Waals surface area contributed by atoms with E-state index in [0.29, 0.717) is 17.6 Å². The van der Waals surface area contributed by atoms with Gasteiger partial charge in [0.05, 0.1) is 30.3 Å². The molecule has 116 valence electrons. The number of hydrogen-bond donors (Lipinski definition) is 2. The lowest BCUT2D eigenvalue weighted by Crippen LogP contribution is -2.52. The van der Waals surface area contributed by atoms with Gasteiger partial charge in [-0.1, -0.05) is 6.92 Å². The summed E-state index contributed by atoms with van der Waals surface area (Å²) >= 11 is 0. The van der Waals surface area contributed by atoms with E-state index in [4.69, 9.17) is 5.73 Å². The fourth-order valence-corrected chi connectivity index (χ4v) is 3.62. The Balaban J connectivity index is 1.54. The third kappa shape index (κ3) is 2.19. The van der Waals surface area contributed by atoms with Crippen LogP contribution in [0.25, 0.3) is 0 Å². The zero-order valence-electron chi connectivity index (χ0n) is 12.9. The van der Waals surface area contributed by atoms with Crippen LogP contribution in [0.1, 0.15) is 19.8 Å². The van der Waals surface area contributed by atoms with Crippen LogP contribution in [0.5, 0.6) is 0 Å². The summed E-state index contributed by atoms with van der Waals surface area (Å²) in [6, 6.07) is 4.45. The predicted octanol–water partition coefficient (Wildman–Crippen LogP) is 1.38. The number of nitrogens with zero attached hydrogens (tertiary/aromatic N) is 4. The van der Waals surface area contributed by atoms with Crippen molar-refractivity contribution in [2.45, 2.75) is 25.8 Å². The molecule has 3 aliphatic heterocycles. The van der Waals surface area contributed by atoms with Gasteiger partial charge in [-0.3, -0.25) is 0 Å². The molecule has 0 aromatic carbocycles. The van der Waals surface area contributed by atoms with E-state index in [0.717, 1.165) is 37.8 Å². The molecule has 6 nitrogen and oxygen atoms in total. The SMILES string of the molecule is CC1CCN(c2ccc(N)cn2)CC1N1CNC2=C1CC=N2. The number of hydrogen-bond acceptors (Lipinski definition) is 6. The zero-order chi connectivity index (χ0) is 15.1. The predicted molar refractivity (Wildman–Crippen MR) is 88.4 cm³/mol. The van der Waals surface area contributed by atoms with Crippen LogP contribution in [0.4, 0.5) is 11.5 Å². The Bertz CT molecular complexity index is 620. The Hall–Kier alpha value is -2.24. The summed E-state index contributed by atoms with van der Waals surface area (Å²) in [7, 11) is 0. The van der Waals surface area contributed by atoms with Crippen molar-refractivity contribution < 1.29 is 0 Å². The molecule has 0 aliphatic carbocycles. The second-order valence-corrected chi connectivity index (χ2v) is 6.34. The van der Waals surface area contributed by atoms with Gasteiger partial charge in [0, 0.05) is 25.7 Å². The third-order valence-corrected chi connectivity index (χ3v) is 4.96. The molecule has 1 fully saturated rings. The van der Waals surface area contributed by atoms with Crippen LogP contribution < -0.4 is 16.0 Å². The largest absolute Gasteiger partial charge is 0.397 e. The molecular formula is C16H22N6. The first-order valence-corrected chi connectivity index (χ1v) is 7.95. The number of allylic oxidation sites excluding steroid dienone is 1. The lowest BCUT2D eigenvalue weighted by molar-refractivity contribution is 0.178. The molecule has 2 unspecified atom stereocenters. The number of nitrogen functional groups attached to an aromatic ring is 1. The van der Waals surface area contributed by atoms with E-state index in [1.54, 1.807) is 6.20 Å². The first-order chi connectivity index (χ1) is 10.7. The van der Waals surface area contributed by atoms with E-state index in [9.17, 15) is 0 Å². The van der Waals surface area contributed by atoms with Crippen molar-refractivity contribution in [1.82, 2.24) is 15.2 Å². The van der Waals surface area contributed by atoms with Crippen LogP contribution in [-0.2, 0) is 0 Å². The van der Waals surface area contributed by atoms with Crippen molar-refractivity contribution in [3.8, 4) is 0 Å². The standard InChI is InChI=1S/C16H22N6/c1-11-5-7-21(15-3-2-12(17)8-19-15)9-14(11)22-10-20-16-13(22)4-6-18-16/h2-3,6,8,11,14,20H,4-5,7,9-10,17H2,1H3. The molecule has 3 N–H and O–H groups in total. The van der Waals surface area contributed by atoms with E-state index < -0.39 is 0 Å². The number of piperidine rings is 1. The second-order valence-electron chi connectivity index (χ2n) is 6.34. The summed E-state index contributed by atoms with van der Waals surface area (Å²) in [5.41, 5.74) is 7.81. The maximum Gasteiger partial charge on any atom is 0.146 e. The third-order valence-electron chi connectivity index (χ3n) is 4.96. The highest BCUT2D eigenvalue weighted by Crippen LogP contribution is 2.32. The Kier molecular flexibility index (Phi) is 3.17. The maximum absolute atomic E-state index is 5.75. The Labute approximate surface area is 130 Å². The normalized spacial score (nSPS) is 27.3. The molecule has 6 heteroatoms. The van der Waals surface area contributed by atoms with Gasteiger partial charge >= 0.3 is 0 Å². The first kappa shape index (κ1) is 13.4. The van der Waals surface area contributed by atoms with Crippen LogP contribution in [0.2, 0.25) is 0 Å². The molecule has 0 amide bonds. The molecule has 3 aliphatic rings. The van der Waals surface area contributed by atoms with Crippen molar-refractivity contribution in [3.63, 3.8) is 0 Å². The van der Waals surface area contributed by atoms with Gasteiger partial charge in [-0.05, 0) is 24.5 Å². The molecule has 1 aromatic rings. The summed E-state index contributed by atoms with van der Waals surface area (Å²) in [6.07, 6.45) is 5.87. The molecule has 2 atom stereocenters. The summed E-state index contributed by atoms with van der Waals surface area (Å²) in [6.45, 7) is 5.28. The quantitative estimate of drug-likeness (QED) is 0.863. The van der Waals surface area contributed by atoms with Crippen LogP contribution in [0.3, 0.4) is 0 Å². The van der Waals surface area contributed by atoms with Gasteiger partial charge in [0.25, 0.3) is 0 Å². The Morgan fingerprint density at radius 3 is 3.09 bits per heavy atom. The van der Waals surface area contributed by atoms with Crippen molar-refractivity contribution in [1.29, 1.82) is 0 Å². The van der Waals surface area contributed by atoms with E-state index in [1.165, 1.54) is 12.1 Å². The summed E-state index contributed by atoms with van der Waals surface area (Å²) in [5.74, 6) is 2.75. The summed E-state index contributed by atoms with van der Waals surface area (Å²) in [5, 5.41) is 3.41. The van der Waals surface area contributed by atoms with Gasteiger partial charge in [0.1, 0.15) is 11.6 Å². The zero-order valence-corrected chi connectivity index (χ0v) is 12.9. The van der Waals surface area contributed by atoms with Crippen molar-refractivity contribution >= 4 is 17.7 Å². The Morgan fingerprint density at radius 1 is 1.36 bits per heavy atom. The highest BCUT2D eigenvalue weighted by Gasteiger charge is 2.36. The lowest BCUT2D eigenvalue weighted by Gasteiger charge is -2.43. The van der Waals surface area contributed by atoms with E-state index in [1.807, 2.05) is 18.3 Å². The van der Waals surface area contributed by atoms with Gasteiger partial charge in [0.2, 0.25) is 0 Å². The molecule has 22 heavy (non-hydrogen) atoms. The molecule has 4 heterocycles. The number of aliphatic imine (C=N–C) groups is 1. The summed E-state index contributed by atoms with van der Waals surface area (Å²) in [4.78, 5) is 13.8. The van der Waals surface area contributed by atoms with E-state index >= 15 is 0 Å². The number of pyridine rings is 1. The molecule has 0 radical (unpaired) electrons. The Morgan fingerprint density at radius 2 is 2.27 bits per heavy atom. The molecule has 0 bridgehead atoms. The molecular weight excluding hydrogens is 276 g/mol. The maximum atomic E-state index is 5.75. The molecule has 1 aromatic heterocycles. The fourth-order valence-electron chi connectivity index (χ4n) is 3.62. The summed E-state index contributed by atoms with van der Waals surface area (Å²) < 4.78 is 0. The smallest absolute Gasteiger partial charge is 0.146 e. The van der Waals surface area contributed by atoms with Crippen LogP contribution >= 0.6 is 0 Å². The molecule has 0 spiro atoms. The van der Waals surface area contributed by atoms with Crippen molar-refractivity contribution in [2.24, 2.45) is 10.9 Å². The van der Waals surface area contributed by atoms with Crippen molar-refractivity contribution in [3.05, 3.63) is 29.8 Å². The molecule has 0 saturated carbocycles. The fraction of sp³-hybridized carbons (Fsp3) is 0.500. The minimum absolute atomic E-state index is 0.495. The number of rotatable bonds is 2. The van der Waals surface area contributed by atoms with E-state index in [-0.39, 0.29) is 0 Å². The van der Waals surface area contributed by atoms with Gasteiger partial charge < -0.3 is 20.9 Å². The average molecular weight is 298 g/mol. The van der Waals surface area contributed by atoms with Gasteiger partial charge in [-0.2, -0.15) is 0 Å². The number of nitrogens with two attached hydrogens (primary N) is 1.